The van der Waals surface area contributed by atoms with E-state index in [1.165, 1.54) is 5.56 Å². The minimum Gasteiger partial charge on any atom is -0.493 e. The summed E-state index contributed by atoms with van der Waals surface area (Å²) in [6, 6.07) is 24.5. The van der Waals surface area contributed by atoms with Crippen molar-refractivity contribution >= 4 is 10.9 Å². The normalized spacial score (nSPS) is 10.8. The number of benzene rings is 3. The number of aromatic nitrogens is 1. The van der Waals surface area contributed by atoms with Gasteiger partial charge in [-0.05, 0) is 29.3 Å². The van der Waals surface area contributed by atoms with Crippen LogP contribution >= 0.6 is 0 Å². The largest absolute Gasteiger partial charge is 0.493 e. The number of rotatable bonds is 7. The Morgan fingerprint density at radius 3 is 2.29 bits per heavy atom. The van der Waals surface area contributed by atoms with Gasteiger partial charge in [-0.15, -0.1) is 0 Å². The van der Waals surface area contributed by atoms with Gasteiger partial charge in [0.25, 0.3) is 0 Å². The van der Waals surface area contributed by atoms with E-state index in [-0.39, 0.29) is 0 Å². The zero-order chi connectivity index (χ0) is 19.3. The van der Waals surface area contributed by atoms with Crippen LogP contribution in [0.4, 0.5) is 0 Å². The lowest BCUT2D eigenvalue weighted by Gasteiger charge is -2.15. The Kier molecular flexibility index (Phi) is 5.20. The summed E-state index contributed by atoms with van der Waals surface area (Å²) in [5.41, 5.74) is 4.49. The monoisotopic (exact) mass is 373 g/mol. The molecule has 3 aromatic carbocycles. The van der Waals surface area contributed by atoms with Gasteiger partial charge in [0, 0.05) is 23.6 Å². The number of ether oxygens (including phenoxy) is 2. The second-order valence-corrected chi connectivity index (χ2v) is 6.57. The van der Waals surface area contributed by atoms with E-state index in [2.05, 4.69) is 42.5 Å². The molecule has 4 aromatic rings. The first kappa shape index (κ1) is 18.0. The van der Waals surface area contributed by atoms with Crippen LogP contribution in [0, 0.1) is 0 Å². The first-order chi connectivity index (χ1) is 13.8. The van der Waals surface area contributed by atoms with Crippen LogP contribution in [0.3, 0.4) is 0 Å². The van der Waals surface area contributed by atoms with Crippen LogP contribution in [0.5, 0.6) is 11.5 Å². The fraction of sp³-hybridized carbons (Fsp3) is 0.167. The summed E-state index contributed by atoms with van der Waals surface area (Å²) in [4.78, 5) is 6.09. The highest BCUT2D eigenvalue weighted by Crippen LogP contribution is 2.32. The number of fused-ring (bicyclic) bond motifs is 1. The minimum absolute atomic E-state index is 0.487. The van der Waals surface area contributed by atoms with E-state index in [9.17, 15) is 0 Å². The molecule has 0 aliphatic carbocycles. The van der Waals surface area contributed by atoms with Crippen molar-refractivity contribution in [1.82, 2.24) is 4.73 Å². The topological polar surface area (TPSA) is 32.6 Å². The highest BCUT2D eigenvalue weighted by atomic mass is 16.7. The maximum absolute atomic E-state index is 6.09. The van der Waals surface area contributed by atoms with Crippen molar-refractivity contribution in [3.63, 3.8) is 0 Å². The molecule has 1 aromatic heterocycles. The average molecular weight is 373 g/mol. The van der Waals surface area contributed by atoms with E-state index in [0.29, 0.717) is 6.61 Å². The third-order valence-corrected chi connectivity index (χ3v) is 4.91. The summed E-state index contributed by atoms with van der Waals surface area (Å²) in [5.74, 6) is 1.52. The van der Waals surface area contributed by atoms with E-state index in [1.807, 2.05) is 41.3 Å². The highest BCUT2D eigenvalue weighted by Gasteiger charge is 2.12. The van der Waals surface area contributed by atoms with E-state index in [4.69, 9.17) is 14.3 Å². The van der Waals surface area contributed by atoms with Gasteiger partial charge < -0.3 is 14.3 Å². The van der Waals surface area contributed by atoms with Crippen LogP contribution in [-0.2, 0) is 13.0 Å². The first-order valence-corrected chi connectivity index (χ1v) is 9.26. The van der Waals surface area contributed by atoms with Crippen molar-refractivity contribution in [1.29, 1.82) is 0 Å². The summed E-state index contributed by atoms with van der Waals surface area (Å²) in [5, 5.41) is 1.16. The van der Waals surface area contributed by atoms with Crippen LogP contribution in [0.1, 0.15) is 16.7 Å². The minimum atomic E-state index is 0.487. The van der Waals surface area contributed by atoms with Gasteiger partial charge >= 0.3 is 0 Å². The fourth-order valence-electron chi connectivity index (χ4n) is 3.48. The Balaban J connectivity index is 1.58. The SMILES string of the molecule is COc1cccc(Cc2ccccc2COn2ccc3ccccc32)c1OC. The van der Waals surface area contributed by atoms with E-state index in [0.717, 1.165) is 39.9 Å². The standard InChI is InChI=1S/C24H23NO3/c1-26-23-13-7-11-20(24(23)27-2)16-19-9-3-4-10-21(19)17-28-25-15-14-18-8-5-6-12-22(18)25/h3-15H,16-17H2,1-2H3. The van der Waals surface area contributed by atoms with Crippen molar-refractivity contribution in [2.75, 3.05) is 14.2 Å². The second kappa shape index (κ2) is 8.09. The predicted octanol–water partition coefficient (Wildman–Crippen LogP) is 4.88. The maximum Gasteiger partial charge on any atom is 0.164 e. The third-order valence-electron chi connectivity index (χ3n) is 4.91. The number of methoxy groups -OCH3 is 2. The number of para-hydroxylation sites is 2. The van der Waals surface area contributed by atoms with Crippen LogP contribution in [0.2, 0.25) is 0 Å². The number of hydrogen-bond acceptors (Lipinski definition) is 3. The number of nitrogens with zero attached hydrogens (tertiary/aromatic N) is 1. The lowest BCUT2D eigenvalue weighted by atomic mass is 9.99. The molecule has 28 heavy (non-hydrogen) atoms. The smallest absolute Gasteiger partial charge is 0.164 e. The molecule has 0 amide bonds. The molecule has 0 saturated carbocycles. The molecule has 0 atom stereocenters. The Hall–Kier alpha value is -3.40. The maximum atomic E-state index is 6.09. The van der Waals surface area contributed by atoms with Gasteiger partial charge in [0.05, 0.1) is 19.7 Å². The molecule has 4 rings (SSSR count). The van der Waals surface area contributed by atoms with Crippen LogP contribution in [-0.4, -0.2) is 19.0 Å². The Morgan fingerprint density at radius 1 is 0.714 bits per heavy atom. The molecule has 0 unspecified atom stereocenters. The second-order valence-electron chi connectivity index (χ2n) is 6.57. The van der Waals surface area contributed by atoms with Crippen molar-refractivity contribution in [3.8, 4) is 11.5 Å². The molecule has 0 N–H and O–H groups in total. The van der Waals surface area contributed by atoms with E-state index < -0.39 is 0 Å². The average Bonchev–Trinajstić information content (AvgIpc) is 3.16. The van der Waals surface area contributed by atoms with Crippen molar-refractivity contribution < 1.29 is 14.3 Å². The zero-order valence-corrected chi connectivity index (χ0v) is 16.1. The Labute approximate surface area is 164 Å². The predicted molar refractivity (Wildman–Crippen MR) is 111 cm³/mol. The van der Waals surface area contributed by atoms with Crippen molar-refractivity contribution in [2.45, 2.75) is 13.0 Å². The van der Waals surface area contributed by atoms with Gasteiger partial charge in [-0.1, -0.05) is 54.6 Å². The molecule has 142 valence electrons. The molecule has 0 aliphatic heterocycles. The van der Waals surface area contributed by atoms with Gasteiger partial charge in [-0.3, -0.25) is 0 Å². The zero-order valence-electron chi connectivity index (χ0n) is 16.1. The Morgan fingerprint density at radius 2 is 1.46 bits per heavy atom. The molecule has 0 fully saturated rings. The molecule has 0 radical (unpaired) electrons. The molecule has 4 nitrogen and oxygen atoms in total. The molecule has 0 saturated heterocycles. The van der Waals surface area contributed by atoms with Crippen molar-refractivity contribution in [3.05, 3.63) is 95.7 Å². The van der Waals surface area contributed by atoms with Crippen LogP contribution < -0.4 is 14.3 Å². The molecule has 1 heterocycles. The molecular formula is C24H23NO3. The van der Waals surface area contributed by atoms with Gasteiger partial charge in [-0.2, -0.15) is 4.73 Å². The molecule has 0 bridgehead atoms. The summed E-state index contributed by atoms with van der Waals surface area (Å²) in [7, 11) is 3.33. The summed E-state index contributed by atoms with van der Waals surface area (Å²) in [6.07, 6.45) is 2.70. The van der Waals surface area contributed by atoms with E-state index >= 15 is 0 Å². The summed E-state index contributed by atoms with van der Waals surface area (Å²) >= 11 is 0. The number of hydrogen-bond donors (Lipinski definition) is 0. The Bertz CT molecular complexity index is 1080. The van der Waals surface area contributed by atoms with Crippen molar-refractivity contribution in [2.24, 2.45) is 0 Å². The summed E-state index contributed by atoms with van der Waals surface area (Å²) < 4.78 is 12.8. The fourth-order valence-corrected chi connectivity index (χ4v) is 3.48. The quantitative estimate of drug-likeness (QED) is 0.463. The summed E-state index contributed by atoms with van der Waals surface area (Å²) in [6.45, 7) is 0.487. The third kappa shape index (κ3) is 3.54. The lowest BCUT2D eigenvalue weighted by molar-refractivity contribution is 0.107. The van der Waals surface area contributed by atoms with Gasteiger partial charge in [0.1, 0.15) is 6.61 Å². The molecule has 0 aliphatic rings. The van der Waals surface area contributed by atoms with Crippen LogP contribution in [0.25, 0.3) is 10.9 Å². The molecule has 4 heteroatoms. The molecular weight excluding hydrogens is 350 g/mol. The van der Waals surface area contributed by atoms with E-state index in [1.54, 1.807) is 14.2 Å². The highest BCUT2D eigenvalue weighted by molar-refractivity contribution is 5.79. The van der Waals surface area contributed by atoms with Crippen LogP contribution in [0.15, 0.2) is 79.0 Å². The first-order valence-electron chi connectivity index (χ1n) is 9.26. The van der Waals surface area contributed by atoms with Gasteiger partial charge in [-0.25, -0.2) is 0 Å². The van der Waals surface area contributed by atoms with Gasteiger partial charge in [0.2, 0.25) is 0 Å². The molecule has 0 spiro atoms. The lowest BCUT2D eigenvalue weighted by Crippen LogP contribution is -2.11. The van der Waals surface area contributed by atoms with Gasteiger partial charge in [0.15, 0.2) is 11.5 Å².